The Morgan fingerprint density at radius 3 is 2.94 bits per heavy atom. The van der Waals surface area contributed by atoms with Crippen LogP contribution in [0, 0.1) is 0 Å². The zero-order chi connectivity index (χ0) is 12.3. The van der Waals surface area contributed by atoms with Gasteiger partial charge in [0.15, 0.2) is 0 Å². The highest BCUT2D eigenvalue weighted by atomic mass is 79.9. The summed E-state index contributed by atoms with van der Waals surface area (Å²) in [6, 6.07) is 2.01. The minimum absolute atomic E-state index is 0.123. The van der Waals surface area contributed by atoms with E-state index in [1.807, 2.05) is 11.4 Å². The maximum absolute atomic E-state index is 12.0. The lowest BCUT2D eigenvalue weighted by Gasteiger charge is -2.15. The van der Waals surface area contributed by atoms with E-state index in [4.69, 9.17) is 0 Å². The lowest BCUT2D eigenvalue weighted by atomic mass is 10.3. The number of halogens is 1. The molecule has 0 radical (unpaired) electrons. The lowest BCUT2D eigenvalue weighted by Crippen LogP contribution is -2.26. The van der Waals surface area contributed by atoms with Gasteiger partial charge in [0.2, 0.25) is 0 Å². The third-order valence-electron chi connectivity index (χ3n) is 2.14. The van der Waals surface area contributed by atoms with E-state index in [-0.39, 0.29) is 5.91 Å². The fraction of sp³-hybridized carbons (Fsp3) is 0.182. The third kappa shape index (κ3) is 3.10. The smallest absolute Gasteiger partial charge is 0.274 e. The minimum atomic E-state index is -0.123. The Hall–Kier alpha value is -1.27. The standard InChI is InChI=1S/C11H10BrN3OS/c1-15(6-9-4-8(12)7-17-9)11(16)10-5-13-2-3-14-10/h2-5,7H,6H2,1H3. The zero-order valence-corrected chi connectivity index (χ0v) is 11.5. The van der Waals surface area contributed by atoms with Crippen molar-refractivity contribution in [3.8, 4) is 0 Å². The van der Waals surface area contributed by atoms with E-state index in [0.717, 1.165) is 9.35 Å². The molecule has 0 aliphatic rings. The Morgan fingerprint density at radius 1 is 1.53 bits per heavy atom. The lowest BCUT2D eigenvalue weighted by molar-refractivity contribution is 0.0780. The predicted octanol–water partition coefficient (Wildman–Crippen LogP) is 2.57. The first-order valence-corrected chi connectivity index (χ1v) is 6.58. The molecule has 1 amide bonds. The van der Waals surface area contributed by atoms with Crippen LogP contribution in [0.1, 0.15) is 15.4 Å². The van der Waals surface area contributed by atoms with Crippen molar-refractivity contribution in [1.29, 1.82) is 0 Å². The molecule has 2 aromatic rings. The largest absolute Gasteiger partial charge is 0.335 e. The van der Waals surface area contributed by atoms with Crippen LogP contribution < -0.4 is 0 Å². The summed E-state index contributed by atoms with van der Waals surface area (Å²) in [7, 11) is 1.75. The zero-order valence-electron chi connectivity index (χ0n) is 9.13. The second kappa shape index (κ2) is 5.37. The van der Waals surface area contributed by atoms with Gasteiger partial charge in [0, 0.05) is 34.2 Å². The topological polar surface area (TPSA) is 46.1 Å². The molecule has 0 bridgehead atoms. The molecule has 2 heterocycles. The molecule has 4 nitrogen and oxygen atoms in total. The number of hydrogen-bond acceptors (Lipinski definition) is 4. The fourth-order valence-electron chi connectivity index (χ4n) is 1.35. The molecule has 0 N–H and O–H groups in total. The molecule has 2 rings (SSSR count). The van der Waals surface area contributed by atoms with Crippen LogP contribution in [0.2, 0.25) is 0 Å². The van der Waals surface area contributed by atoms with E-state index < -0.39 is 0 Å². The molecule has 2 aromatic heterocycles. The number of carbonyl (C=O) groups excluding carboxylic acids is 1. The van der Waals surface area contributed by atoms with Crippen LogP contribution in [-0.2, 0) is 6.54 Å². The molecule has 6 heteroatoms. The number of hydrogen-bond donors (Lipinski definition) is 0. The molecule has 0 saturated heterocycles. The fourth-order valence-corrected chi connectivity index (χ4v) is 2.85. The van der Waals surface area contributed by atoms with Gasteiger partial charge in [0.1, 0.15) is 5.69 Å². The maximum atomic E-state index is 12.0. The summed E-state index contributed by atoms with van der Waals surface area (Å²) in [5, 5.41) is 2.00. The molecule has 88 valence electrons. The molecule has 0 spiro atoms. The van der Waals surface area contributed by atoms with Gasteiger partial charge in [-0.25, -0.2) is 4.98 Å². The Morgan fingerprint density at radius 2 is 2.35 bits per heavy atom. The first-order valence-electron chi connectivity index (χ1n) is 4.91. The van der Waals surface area contributed by atoms with Gasteiger partial charge in [-0.15, -0.1) is 11.3 Å². The molecule has 0 fully saturated rings. The third-order valence-corrected chi connectivity index (χ3v) is 3.83. The number of thiophene rings is 1. The summed E-state index contributed by atoms with van der Waals surface area (Å²) >= 11 is 5.00. The molecule has 0 saturated carbocycles. The number of amides is 1. The Kier molecular flexibility index (Phi) is 3.86. The molecule has 17 heavy (non-hydrogen) atoms. The normalized spacial score (nSPS) is 10.2. The van der Waals surface area contributed by atoms with Crippen LogP contribution in [0.15, 0.2) is 34.5 Å². The highest BCUT2D eigenvalue weighted by Crippen LogP contribution is 2.21. The molecule has 0 aliphatic heterocycles. The minimum Gasteiger partial charge on any atom is -0.335 e. The number of nitrogens with zero attached hydrogens (tertiary/aromatic N) is 3. The van der Waals surface area contributed by atoms with E-state index in [9.17, 15) is 4.79 Å². The molecule has 0 aliphatic carbocycles. The van der Waals surface area contributed by atoms with E-state index in [2.05, 4.69) is 25.9 Å². The van der Waals surface area contributed by atoms with Crippen molar-refractivity contribution in [2.75, 3.05) is 7.05 Å². The molecular formula is C11H10BrN3OS. The van der Waals surface area contributed by atoms with Gasteiger partial charge in [-0.2, -0.15) is 0 Å². The summed E-state index contributed by atoms with van der Waals surface area (Å²) in [5.74, 6) is -0.123. The van der Waals surface area contributed by atoms with Crippen LogP contribution >= 0.6 is 27.3 Å². The van der Waals surface area contributed by atoms with Gasteiger partial charge >= 0.3 is 0 Å². The Balaban J connectivity index is 2.06. The van der Waals surface area contributed by atoms with Crippen molar-refractivity contribution < 1.29 is 4.79 Å². The summed E-state index contributed by atoms with van der Waals surface area (Å²) in [6.07, 6.45) is 4.54. The summed E-state index contributed by atoms with van der Waals surface area (Å²) in [4.78, 5) is 22.6. The molecule has 0 atom stereocenters. The van der Waals surface area contributed by atoms with E-state index >= 15 is 0 Å². The van der Waals surface area contributed by atoms with Gasteiger partial charge in [0.25, 0.3) is 5.91 Å². The maximum Gasteiger partial charge on any atom is 0.274 e. The Labute approximate surface area is 111 Å². The molecular weight excluding hydrogens is 302 g/mol. The number of aromatic nitrogens is 2. The quantitative estimate of drug-likeness (QED) is 0.875. The van der Waals surface area contributed by atoms with Crippen molar-refractivity contribution in [2.24, 2.45) is 0 Å². The van der Waals surface area contributed by atoms with Gasteiger partial charge in [-0.05, 0) is 22.0 Å². The summed E-state index contributed by atoms with van der Waals surface area (Å²) in [5.41, 5.74) is 0.366. The SMILES string of the molecule is CN(Cc1cc(Br)cs1)C(=O)c1cnccn1. The second-order valence-electron chi connectivity index (χ2n) is 3.48. The highest BCUT2D eigenvalue weighted by Gasteiger charge is 2.13. The van der Waals surface area contributed by atoms with E-state index in [0.29, 0.717) is 12.2 Å². The van der Waals surface area contributed by atoms with Crippen molar-refractivity contribution >= 4 is 33.2 Å². The highest BCUT2D eigenvalue weighted by molar-refractivity contribution is 9.10. The van der Waals surface area contributed by atoms with Crippen LogP contribution in [0.3, 0.4) is 0 Å². The second-order valence-corrected chi connectivity index (χ2v) is 5.39. The average Bonchev–Trinajstić information content (AvgIpc) is 2.75. The average molecular weight is 312 g/mol. The van der Waals surface area contributed by atoms with E-state index in [1.54, 1.807) is 29.5 Å². The first-order chi connectivity index (χ1) is 8.16. The predicted molar refractivity (Wildman–Crippen MR) is 69.8 cm³/mol. The van der Waals surface area contributed by atoms with Gasteiger partial charge in [-0.1, -0.05) is 0 Å². The molecule has 0 unspecified atom stereocenters. The summed E-state index contributed by atoms with van der Waals surface area (Å²) < 4.78 is 1.04. The van der Waals surface area contributed by atoms with Crippen LogP contribution in [0.4, 0.5) is 0 Å². The van der Waals surface area contributed by atoms with Gasteiger partial charge in [-0.3, -0.25) is 9.78 Å². The summed E-state index contributed by atoms with van der Waals surface area (Å²) in [6.45, 7) is 0.575. The van der Waals surface area contributed by atoms with Crippen LogP contribution in [-0.4, -0.2) is 27.8 Å². The Bertz CT molecular complexity index is 514. The monoisotopic (exact) mass is 311 g/mol. The van der Waals surface area contributed by atoms with Crippen molar-refractivity contribution in [1.82, 2.24) is 14.9 Å². The van der Waals surface area contributed by atoms with Crippen molar-refractivity contribution in [2.45, 2.75) is 6.54 Å². The first kappa shape index (κ1) is 12.2. The molecule has 0 aromatic carbocycles. The number of rotatable bonds is 3. The number of carbonyl (C=O) groups is 1. The van der Waals surface area contributed by atoms with Gasteiger partial charge < -0.3 is 4.90 Å². The van der Waals surface area contributed by atoms with Crippen LogP contribution in [0.25, 0.3) is 0 Å². The van der Waals surface area contributed by atoms with Crippen molar-refractivity contribution in [3.63, 3.8) is 0 Å². The van der Waals surface area contributed by atoms with E-state index in [1.165, 1.54) is 12.4 Å². The van der Waals surface area contributed by atoms with Gasteiger partial charge in [0.05, 0.1) is 12.7 Å². The van der Waals surface area contributed by atoms with Crippen molar-refractivity contribution in [3.05, 3.63) is 45.1 Å². The van der Waals surface area contributed by atoms with Crippen LogP contribution in [0.5, 0.6) is 0 Å².